The molecule has 0 bridgehead atoms. The molecule has 1 heterocycles. The Morgan fingerprint density at radius 1 is 1.33 bits per heavy atom. The van der Waals surface area contributed by atoms with E-state index in [0.29, 0.717) is 6.04 Å². The average molecular weight is 307 g/mol. The van der Waals surface area contributed by atoms with Gasteiger partial charge in [0, 0.05) is 11.1 Å². The zero-order chi connectivity index (χ0) is 15.2. The SMILES string of the molecule is CCC1(C)NC(c2ccc(Cl)cc2)N(C2CC(C)C2)C1=O. The monoisotopic (exact) mass is 306 g/mol. The molecule has 0 aromatic heterocycles. The fourth-order valence-corrected chi connectivity index (χ4v) is 3.57. The third-order valence-corrected chi connectivity index (χ3v) is 5.33. The summed E-state index contributed by atoms with van der Waals surface area (Å²) >= 11 is 5.99. The fraction of sp³-hybridized carbons (Fsp3) is 0.588. The van der Waals surface area contributed by atoms with Crippen LogP contribution in [0.25, 0.3) is 0 Å². The maximum Gasteiger partial charge on any atom is 0.244 e. The zero-order valence-electron chi connectivity index (χ0n) is 12.9. The lowest BCUT2D eigenvalue weighted by Gasteiger charge is -2.42. The smallest absolute Gasteiger partial charge is 0.244 e. The lowest BCUT2D eigenvalue weighted by Crippen LogP contribution is -2.48. The van der Waals surface area contributed by atoms with E-state index >= 15 is 0 Å². The largest absolute Gasteiger partial charge is 0.318 e. The van der Waals surface area contributed by atoms with Crippen LogP contribution in [0, 0.1) is 5.92 Å². The lowest BCUT2D eigenvalue weighted by molar-refractivity contribution is -0.137. The first kappa shape index (κ1) is 14.9. The van der Waals surface area contributed by atoms with Gasteiger partial charge in [0.05, 0.1) is 5.54 Å². The second-order valence-electron chi connectivity index (χ2n) is 6.73. The van der Waals surface area contributed by atoms with Crippen molar-refractivity contribution in [2.24, 2.45) is 5.92 Å². The number of carbonyl (C=O) groups is 1. The quantitative estimate of drug-likeness (QED) is 0.922. The van der Waals surface area contributed by atoms with Gasteiger partial charge in [0.2, 0.25) is 5.91 Å². The predicted molar refractivity (Wildman–Crippen MR) is 85.1 cm³/mol. The van der Waals surface area contributed by atoms with Crippen molar-refractivity contribution in [3.05, 3.63) is 34.9 Å². The summed E-state index contributed by atoms with van der Waals surface area (Å²) in [6.45, 7) is 6.33. The molecule has 2 unspecified atom stereocenters. The number of nitrogens with zero attached hydrogens (tertiary/aromatic N) is 1. The van der Waals surface area contributed by atoms with Crippen LogP contribution in [0.5, 0.6) is 0 Å². The molecule has 1 aromatic carbocycles. The van der Waals surface area contributed by atoms with Crippen LogP contribution >= 0.6 is 11.6 Å². The van der Waals surface area contributed by atoms with Crippen LogP contribution in [0.15, 0.2) is 24.3 Å². The number of rotatable bonds is 3. The minimum absolute atomic E-state index is 0.0304. The van der Waals surface area contributed by atoms with Gasteiger partial charge in [0.1, 0.15) is 6.17 Å². The molecule has 2 atom stereocenters. The molecule has 21 heavy (non-hydrogen) atoms. The van der Waals surface area contributed by atoms with E-state index in [-0.39, 0.29) is 12.1 Å². The topological polar surface area (TPSA) is 32.3 Å². The molecule has 1 amide bonds. The number of benzene rings is 1. The Balaban J connectivity index is 1.92. The van der Waals surface area contributed by atoms with Crippen LogP contribution in [0.4, 0.5) is 0 Å². The molecule has 2 aliphatic rings. The van der Waals surface area contributed by atoms with E-state index in [1.807, 2.05) is 31.2 Å². The van der Waals surface area contributed by atoms with Crippen LogP contribution in [-0.2, 0) is 4.79 Å². The number of nitrogens with one attached hydrogen (secondary N) is 1. The standard InChI is InChI=1S/C17H23ClN2O/c1-4-17(3)16(21)20(14-9-11(2)10-14)15(19-17)12-5-7-13(18)8-6-12/h5-8,11,14-15,19H,4,9-10H2,1-3H3. The van der Waals surface area contributed by atoms with Gasteiger partial charge in [-0.1, -0.05) is 37.6 Å². The minimum Gasteiger partial charge on any atom is -0.318 e. The second kappa shape index (κ2) is 5.29. The molecule has 1 aromatic rings. The molecule has 1 aliphatic heterocycles. The Morgan fingerprint density at radius 3 is 2.48 bits per heavy atom. The Morgan fingerprint density at radius 2 is 1.95 bits per heavy atom. The lowest BCUT2D eigenvalue weighted by atomic mass is 9.80. The number of hydrogen-bond donors (Lipinski definition) is 1. The van der Waals surface area contributed by atoms with Crippen LogP contribution in [0.3, 0.4) is 0 Å². The molecule has 4 heteroatoms. The number of halogens is 1. The van der Waals surface area contributed by atoms with Crippen molar-refractivity contribution in [3.63, 3.8) is 0 Å². The molecule has 1 saturated heterocycles. The molecule has 3 rings (SSSR count). The van der Waals surface area contributed by atoms with Crippen molar-refractivity contribution in [1.29, 1.82) is 0 Å². The summed E-state index contributed by atoms with van der Waals surface area (Å²) in [7, 11) is 0. The van der Waals surface area contributed by atoms with Gasteiger partial charge in [0.15, 0.2) is 0 Å². The van der Waals surface area contributed by atoms with E-state index in [0.717, 1.165) is 35.8 Å². The van der Waals surface area contributed by atoms with Crippen molar-refractivity contribution in [3.8, 4) is 0 Å². The van der Waals surface area contributed by atoms with Crippen molar-refractivity contribution in [2.45, 2.75) is 57.8 Å². The van der Waals surface area contributed by atoms with Crippen molar-refractivity contribution < 1.29 is 4.79 Å². The summed E-state index contributed by atoms with van der Waals surface area (Å²) in [5.41, 5.74) is 0.660. The van der Waals surface area contributed by atoms with Crippen LogP contribution in [-0.4, -0.2) is 22.4 Å². The highest BCUT2D eigenvalue weighted by atomic mass is 35.5. The van der Waals surface area contributed by atoms with Gasteiger partial charge in [-0.25, -0.2) is 0 Å². The van der Waals surface area contributed by atoms with Gasteiger partial charge >= 0.3 is 0 Å². The van der Waals surface area contributed by atoms with Gasteiger partial charge in [-0.05, 0) is 49.8 Å². The summed E-state index contributed by atoms with van der Waals surface area (Å²) in [5, 5.41) is 4.28. The maximum absolute atomic E-state index is 12.9. The highest BCUT2D eigenvalue weighted by Crippen LogP contribution is 2.41. The number of carbonyl (C=O) groups excluding carboxylic acids is 1. The summed E-state index contributed by atoms with van der Waals surface area (Å²) in [6.07, 6.45) is 2.99. The van der Waals surface area contributed by atoms with Crippen molar-refractivity contribution >= 4 is 17.5 Å². The van der Waals surface area contributed by atoms with Gasteiger partial charge < -0.3 is 4.90 Å². The van der Waals surface area contributed by atoms with Gasteiger partial charge in [-0.2, -0.15) is 0 Å². The Bertz CT molecular complexity index is 538. The van der Waals surface area contributed by atoms with E-state index in [9.17, 15) is 4.79 Å². The van der Waals surface area contributed by atoms with Crippen LogP contribution in [0.1, 0.15) is 51.8 Å². The number of amides is 1. The predicted octanol–water partition coefficient (Wildman–Crippen LogP) is 3.74. The van der Waals surface area contributed by atoms with Gasteiger partial charge in [-0.3, -0.25) is 10.1 Å². The maximum atomic E-state index is 12.9. The Kier molecular flexibility index (Phi) is 3.74. The van der Waals surface area contributed by atoms with Gasteiger partial charge in [0.25, 0.3) is 0 Å². The molecule has 1 aliphatic carbocycles. The summed E-state index contributed by atoms with van der Waals surface area (Å²) in [5.74, 6) is 0.962. The van der Waals surface area contributed by atoms with Crippen LogP contribution < -0.4 is 5.32 Å². The molecular weight excluding hydrogens is 284 g/mol. The number of hydrogen-bond acceptors (Lipinski definition) is 2. The summed E-state index contributed by atoms with van der Waals surface area (Å²) < 4.78 is 0. The second-order valence-corrected chi connectivity index (χ2v) is 7.16. The molecular formula is C17H23ClN2O. The summed E-state index contributed by atoms with van der Waals surface area (Å²) in [4.78, 5) is 15.0. The first-order chi connectivity index (χ1) is 9.94. The van der Waals surface area contributed by atoms with Gasteiger partial charge in [-0.15, -0.1) is 0 Å². The van der Waals surface area contributed by atoms with Crippen LogP contribution in [0.2, 0.25) is 5.02 Å². The molecule has 114 valence electrons. The molecule has 3 nitrogen and oxygen atoms in total. The molecule has 1 N–H and O–H groups in total. The minimum atomic E-state index is -0.455. The first-order valence-corrected chi connectivity index (χ1v) is 8.18. The summed E-state index contributed by atoms with van der Waals surface area (Å²) in [6, 6.07) is 8.19. The first-order valence-electron chi connectivity index (χ1n) is 7.80. The molecule has 0 radical (unpaired) electrons. The van der Waals surface area contributed by atoms with E-state index in [1.54, 1.807) is 0 Å². The third-order valence-electron chi connectivity index (χ3n) is 5.08. The highest BCUT2D eigenvalue weighted by molar-refractivity contribution is 6.30. The van der Waals surface area contributed by atoms with Crippen molar-refractivity contribution in [2.75, 3.05) is 0 Å². The Labute approximate surface area is 131 Å². The van der Waals surface area contributed by atoms with E-state index in [2.05, 4.69) is 24.1 Å². The molecule has 2 fully saturated rings. The average Bonchev–Trinajstić information content (AvgIpc) is 2.70. The normalized spacial score (nSPS) is 35.9. The van der Waals surface area contributed by atoms with E-state index < -0.39 is 5.54 Å². The zero-order valence-corrected chi connectivity index (χ0v) is 13.7. The Hall–Kier alpha value is -1.06. The highest BCUT2D eigenvalue weighted by Gasteiger charge is 2.51. The van der Waals surface area contributed by atoms with Crippen molar-refractivity contribution in [1.82, 2.24) is 10.2 Å². The third kappa shape index (κ3) is 2.47. The van der Waals surface area contributed by atoms with E-state index in [1.165, 1.54) is 0 Å². The molecule has 1 saturated carbocycles. The van der Waals surface area contributed by atoms with E-state index in [4.69, 9.17) is 11.6 Å². The molecule has 0 spiro atoms. The fourth-order valence-electron chi connectivity index (χ4n) is 3.44.